The van der Waals surface area contributed by atoms with Gasteiger partial charge in [0.15, 0.2) is 0 Å². The van der Waals surface area contributed by atoms with Crippen LogP contribution in [0.3, 0.4) is 0 Å². The van der Waals surface area contributed by atoms with Gasteiger partial charge in [0.2, 0.25) is 5.91 Å². The molecule has 4 aromatic rings. The lowest BCUT2D eigenvalue weighted by Gasteiger charge is -2.15. The fourth-order valence-corrected chi connectivity index (χ4v) is 4.96. The minimum Gasteiger partial charge on any atom is -0.497 e. The van der Waals surface area contributed by atoms with E-state index < -0.39 is 17.1 Å². The molecule has 0 radical (unpaired) electrons. The molecule has 0 fully saturated rings. The number of carbonyl (C=O) groups is 3. The Kier molecular flexibility index (Phi) is 11.0. The Labute approximate surface area is 260 Å². The van der Waals surface area contributed by atoms with E-state index in [1.54, 1.807) is 93.1 Å². The van der Waals surface area contributed by atoms with Gasteiger partial charge in [0.05, 0.1) is 32.3 Å². The average molecular weight is 612 g/mol. The molecule has 0 heterocycles. The van der Waals surface area contributed by atoms with Gasteiger partial charge >= 0.3 is 0 Å². The second-order valence-electron chi connectivity index (χ2n) is 9.41. The van der Waals surface area contributed by atoms with Gasteiger partial charge in [0.1, 0.15) is 22.9 Å². The number of carbonyl (C=O) groups excluding carboxylic acids is 3. The largest absolute Gasteiger partial charge is 0.497 e. The fraction of sp³-hybridized carbons (Fsp3) is 0.147. The SMILES string of the molecule is COc1ccc(/C=C(\NC(=O)c2ccccc2)C(=O)Nc2ccc(SC(C)C(=O)Nc3ccccc3OC)cc2)c(OC)c1. The van der Waals surface area contributed by atoms with Crippen molar-refractivity contribution in [1.29, 1.82) is 0 Å². The van der Waals surface area contributed by atoms with Gasteiger partial charge in [-0.25, -0.2) is 0 Å². The van der Waals surface area contributed by atoms with E-state index in [2.05, 4.69) is 16.0 Å². The first-order valence-corrected chi connectivity index (χ1v) is 14.5. The summed E-state index contributed by atoms with van der Waals surface area (Å²) in [6.45, 7) is 1.81. The number of amides is 3. The van der Waals surface area contributed by atoms with E-state index >= 15 is 0 Å². The van der Waals surface area contributed by atoms with E-state index in [1.165, 1.54) is 18.9 Å². The van der Waals surface area contributed by atoms with Crippen molar-refractivity contribution in [2.45, 2.75) is 17.1 Å². The van der Waals surface area contributed by atoms with Crippen LogP contribution in [0.25, 0.3) is 6.08 Å². The van der Waals surface area contributed by atoms with Crippen molar-refractivity contribution in [2.24, 2.45) is 0 Å². The van der Waals surface area contributed by atoms with Crippen molar-refractivity contribution in [2.75, 3.05) is 32.0 Å². The van der Waals surface area contributed by atoms with Gasteiger partial charge in [-0.3, -0.25) is 14.4 Å². The number of hydrogen-bond acceptors (Lipinski definition) is 7. The third-order valence-corrected chi connectivity index (χ3v) is 7.54. The maximum absolute atomic E-state index is 13.5. The van der Waals surface area contributed by atoms with Gasteiger partial charge in [0, 0.05) is 27.8 Å². The Balaban J connectivity index is 1.48. The van der Waals surface area contributed by atoms with E-state index in [1.807, 2.05) is 31.2 Å². The molecule has 0 aliphatic carbocycles. The molecule has 1 atom stereocenters. The van der Waals surface area contributed by atoms with E-state index in [0.717, 1.165) is 4.90 Å². The van der Waals surface area contributed by atoms with E-state index in [9.17, 15) is 14.4 Å². The van der Waals surface area contributed by atoms with Crippen molar-refractivity contribution in [3.8, 4) is 17.2 Å². The minimum atomic E-state index is -0.530. The summed E-state index contributed by atoms with van der Waals surface area (Å²) in [5.41, 5.74) is 2.09. The summed E-state index contributed by atoms with van der Waals surface area (Å²) in [4.78, 5) is 40.1. The summed E-state index contributed by atoms with van der Waals surface area (Å²) in [6, 6.07) is 28.1. The van der Waals surface area contributed by atoms with Crippen molar-refractivity contribution in [1.82, 2.24) is 5.32 Å². The lowest BCUT2D eigenvalue weighted by atomic mass is 10.1. The molecular weight excluding hydrogens is 578 g/mol. The topological polar surface area (TPSA) is 115 Å². The van der Waals surface area contributed by atoms with Crippen molar-refractivity contribution >= 4 is 46.9 Å². The summed E-state index contributed by atoms with van der Waals surface area (Å²) < 4.78 is 16.1. The third kappa shape index (κ3) is 8.42. The Morgan fingerprint density at radius 2 is 1.43 bits per heavy atom. The monoisotopic (exact) mass is 611 g/mol. The van der Waals surface area contributed by atoms with Gasteiger partial charge in [-0.2, -0.15) is 0 Å². The highest BCUT2D eigenvalue weighted by Gasteiger charge is 2.18. The first kappa shape index (κ1) is 31.7. The fourth-order valence-electron chi connectivity index (χ4n) is 4.09. The molecule has 9 nitrogen and oxygen atoms in total. The van der Waals surface area contributed by atoms with Crippen LogP contribution in [0.4, 0.5) is 11.4 Å². The van der Waals surface area contributed by atoms with Crippen LogP contribution in [0.2, 0.25) is 0 Å². The standard InChI is InChI=1S/C34H33N3O6S/c1-22(32(38)36-28-12-8-9-13-30(28)42-3)44-27-18-15-25(16-19-27)35-34(40)29(37-33(39)23-10-6-5-7-11-23)20-24-14-17-26(41-2)21-31(24)43-4/h5-22H,1-4H3,(H,35,40)(H,36,38)(H,37,39)/b29-20-. The number of nitrogens with one attached hydrogen (secondary N) is 3. The second kappa shape index (κ2) is 15.3. The van der Waals surface area contributed by atoms with Gasteiger partial charge in [-0.1, -0.05) is 30.3 Å². The molecule has 4 rings (SSSR count). The van der Waals surface area contributed by atoms with Crippen LogP contribution in [0, 0.1) is 0 Å². The van der Waals surface area contributed by atoms with Crippen LogP contribution < -0.4 is 30.2 Å². The number of rotatable bonds is 12. The van der Waals surface area contributed by atoms with E-state index in [0.29, 0.717) is 39.8 Å². The molecule has 1 unspecified atom stereocenters. The maximum Gasteiger partial charge on any atom is 0.272 e. The highest BCUT2D eigenvalue weighted by molar-refractivity contribution is 8.00. The lowest BCUT2D eigenvalue weighted by molar-refractivity contribution is -0.115. The van der Waals surface area contributed by atoms with Crippen LogP contribution >= 0.6 is 11.8 Å². The predicted molar refractivity (Wildman–Crippen MR) is 173 cm³/mol. The molecule has 10 heteroatoms. The number of hydrogen-bond donors (Lipinski definition) is 3. The number of benzene rings is 4. The number of para-hydroxylation sites is 2. The van der Waals surface area contributed by atoms with Crippen LogP contribution in [0.15, 0.2) is 108 Å². The Morgan fingerprint density at radius 3 is 2.11 bits per heavy atom. The molecule has 0 aliphatic rings. The molecule has 0 aromatic heterocycles. The van der Waals surface area contributed by atoms with E-state index in [4.69, 9.17) is 14.2 Å². The molecule has 3 amide bonds. The Hall–Kier alpha value is -5.22. The normalized spacial score (nSPS) is 11.6. The van der Waals surface area contributed by atoms with Crippen molar-refractivity contribution < 1.29 is 28.6 Å². The van der Waals surface area contributed by atoms with Crippen LogP contribution in [-0.2, 0) is 9.59 Å². The third-order valence-electron chi connectivity index (χ3n) is 6.43. The summed E-state index contributed by atoms with van der Waals surface area (Å²) in [6.07, 6.45) is 1.54. The molecule has 3 N–H and O–H groups in total. The first-order valence-electron chi connectivity index (χ1n) is 13.6. The zero-order valence-electron chi connectivity index (χ0n) is 24.8. The van der Waals surface area contributed by atoms with Gasteiger partial charge < -0.3 is 30.2 Å². The van der Waals surface area contributed by atoms with Crippen LogP contribution in [-0.4, -0.2) is 44.3 Å². The van der Waals surface area contributed by atoms with Crippen molar-refractivity contribution in [3.63, 3.8) is 0 Å². The lowest BCUT2D eigenvalue weighted by Crippen LogP contribution is -2.30. The van der Waals surface area contributed by atoms with Crippen LogP contribution in [0.1, 0.15) is 22.8 Å². The molecule has 4 aromatic carbocycles. The number of methoxy groups -OCH3 is 3. The molecule has 0 saturated carbocycles. The Bertz CT molecular complexity index is 1640. The summed E-state index contributed by atoms with van der Waals surface area (Å²) >= 11 is 1.38. The highest BCUT2D eigenvalue weighted by Crippen LogP contribution is 2.29. The van der Waals surface area contributed by atoms with Crippen molar-refractivity contribution in [3.05, 3.63) is 114 Å². The van der Waals surface area contributed by atoms with E-state index in [-0.39, 0.29) is 11.6 Å². The molecule has 0 spiro atoms. The Morgan fingerprint density at radius 1 is 0.750 bits per heavy atom. The highest BCUT2D eigenvalue weighted by atomic mass is 32.2. The smallest absolute Gasteiger partial charge is 0.272 e. The molecule has 226 valence electrons. The van der Waals surface area contributed by atoms with Gasteiger partial charge in [-0.15, -0.1) is 11.8 Å². The quantitative estimate of drug-likeness (QED) is 0.128. The zero-order chi connectivity index (χ0) is 31.5. The number of thioether (sulfide) groups is 1. The van der Waals surface area contributed by atoms with Gasteiger partial charge in [-0.05, 0) is 73.7 Å². The summed E-state index contributed by atoms with van der Waals surface area (Å²) in [7, 11) is 4.61. The van der Waals surface area contributed by atoms with Gasteiger partial charge in [0.25, 0.3) is 11.8 Å². The molecule has 0 aliphatic heterocycles. The first-order chi connectivity index (χ1) is 21.3. The molecule has 0 saturated heterocycles. The number of anilines is 2. The minimum absolute atomic E-state index is 0.0161. The predicted octanol–water partition coefficient (Wildman–Crippen LogP) is 6.24. The molecular formula is C34H33N3O6S. The molecule has 0 bridgehead atoms. The molecule has 44 heavy (non-hydrogen) atoms. The summed E-state index contributed by atoms with van der Waals surface area (Å²) in [5, 5.41) is 8.06. The average Bonchev–Trinajstić information content (AvgIpc) is 3.05. The number of ether oxygens (including phenoxy) is 3. The zero-order valence-corrected chi connectivity index (χ0v) is 25.6. The maximum atomic E-state index is 13.5. The second-order valence-corrected chi connectivity index (χ2v) is 10.8. The van der Waals surface area contributed by atoms with Crippen LogP contribution in [0.5, 0.6) is 17.2 Å². The summed E-state index contributed by atoms with van der Waals surface area (Å²) in [5.74, 6) is 0.493.